The SMILES string of the molecule is CNc1ccccc1C(=O)NC1CC=CC1. The van der Waals surface area contributed by atoms with Gasteiger partial charge in [-0.05, 0) is 25.0 Å². The van der Waals surface area contributed by atoms with Gasteiger partial charge in [-0.25, -0.2) is 0 Å². The van der Waals surface area contributed by atoms with Crippen molar-refractivity contribution in [2.45, 2.75) is 18.9 Å². The Morgan fingerprint density at radius 1 is 1.25 bits per heavy atom. The minimum absolute atomic E-state index is 0.00125. The third-order valence-electron chi connectivity index (χ3n) is 2.78. The predicted octanol–water partition coefficient (Wildman–Crippen LogP) is 2.18. The Morgan fingerprint density at radius 3 is 2.62 bits per heavy atom. The molecule has 2 rings (SSSR count). The third kappa shape index (κ3) is 2.24. The van der Waals surface area contributed by atoms with Crippen LogP contribution in [-0.4, -0.2) is 19.0 Å². The fourth-order valence-corrected chi connectivity index (χ4v) is 1.90. The van der Waals surface area contributed by atoms with Crippen LogP contribution in [0.5, 0.6) is 0 Å². The molecule has 0 spiro atoms. The van der Waals surface area contributed by atoms with Crippen molar-refractivity contribution in [3.8, 4) is 0 Å². The summed E-state index contributed by atoms with van der Waals surface area (Å²) in [6.07, 6.45) is 6.09. The van der Waals surface area contributed by atoms with Crippen LogP contribution >= 0.6 is 0 Å². The largest absolute Gasteiger partial charge is 0.387 e. The third-order valence-corrected chi connectivity index (χ3v) is 2.78. The molecule has 0 saturated carbocycles. The van der Waals surface area contributed by atoms with E-state index < -0.39 is 0 Å². The summed E-state index contributed by atoms with van der Waals surface area (Å²) in [4.78, 5) is 12.0. The van der Waals surface area contributed by atoms with Crippen molar-refractivity contribution in [1.29, 1.82) is 0 Å². The van der Waals surface area contributed by atoms with Gasteiger partial charge in [-0.3, -0.25) is 4.79 Å². The quantitative estimate of drug-likeness (QED) is 0.760. The number of hydrogen-bond acceptors (Lipinski definition) is 2. The summed E-state index contributed by atoms with van der Waals surface area (Å²) >= 11 is 0. The summed E-state index contributed by atoms with van der Waals surface area (Å²) in [5, 5.41) is 6.05. The molecule has 0 fully saturated rings. The lowest BCUT2D eigenvalue weighted by Crippen LogP contribution is -2.33. The van der Waals surface area contributed by atoms with Crippen molar-refractivity contribution in [3.05, 3.63) is 42.0 Å². The van der Waals surface area contributed by atoms with Gasteiger partial charge in [0.25, 0.3) is 5.91 Å². The van der Waals surface area contributed by atoms with Gasteiger partial charge in [-0.2, -0.15) is 0 Å². The van der Waals surface area contributed by atoms with Gasteiger partial charge >= 0.3 is 0 Å². The van der Waals surface area contributed by atoms with Crippen LogP contribution in [0.3, 0.4) is 0 Å². The highest BCUT2D eigenvalue weighted by Gasteiger charge is 2.16. The maximum atomic E-state index is 12.0. The van der Waals surface area contributed by atoms with Gasteiger partial charge < -0.3 is 10.6 Å². The van der Waals surface area contributed by atoms with Gasteiger partial charge in [-0.1, -0.05) is 24.3 Å². The Labute approximate surface area is 95.6 Å². The van der Waals surface area contributed by atoms with Crippen molar-refractivity contribution in [3.63, 3.8) is 0 Å². The highest BCUT2D eigenvalue weighted by atomic mass is 16.1. The van der Waals surface area contributed by atoms with Crippen molar-refractivity contribution < 1.29 is 4.79 Å². The Bertz CT molecular complexity index is 404. The normalized spacial score (nSPS) is 15.1. The zero-order valence-corrected chi connectivity index (χ0v) is 9.36. The van der Waals surface area contributed by atoms with Crippen molar-refractivity contribution in [2.24, 2.45) is 0 Å². The number of anilines is 1. The molecule has 1 amide bonds. The van der Waals surface area contributed by atoms with Gasteiger partial charge in [0.2, 0.25) is 0 Å². The van der Waals surface area contributed by atoms with E-state index in [9.17, 15) is 4.79 Å². The van der Waals surface area contributed by atoms with Crippen LogP contribution in [0.15, 0.2) is 36.4 Å². The summed E-state index contributed by atoms with van der Waals surface area (Å²) in [6, 6.07) is 7.80. The van der Waals surface area contributed by atoms with Crippen LogP contribution < -0.4 is 10.6 Å². The molecule has 2 N–H and O–H groups in total. The fraction of sp³-hybridized carbons (Fsp3) is 0.308. The number of amides is 1. The highest BCUT2D eigenvalue weighted by Crippen LogP contribution is 2.16. The lowest BCUT2D eigenvalue weighted by Gasteiger charge is -2.14. The predicted molar refractivity (Wildman–Crippen MR) is 65.6 cm³/mol. The number of benzene rings is 1. The molecule has 0 bridgehead atoms. The minimum atomic E-state index is -0.00125. The first-order chi connectivity index (χ1) is 7.81. The van der Waals surface area contributed by atoms with Crippen LogP contribution in [0.2, 0.25) is 0 Å². The Balaban J connectivity index is 2.08. The van der Waals surface area contributed by atoms with Crippen molar-refractivity contribution in [1.82, 2.24) is 5.32 Å². The lowest BCUT2D eigenvalue weighted by atomic mass is 10.1. The van der Waals surface area contributed by atoms with Crippen LogP contribution in [-0.2, 0) is 0 Å². The van der Waals surface area contributed by atoms with E-state index in [0.29, 0.717) is 5.56 Å². The van der Waals surface area contributed by atoms with Crippen LogP contribution in [0.1, 0.15) is 23.2 Å². The lowest BCUT2D eigenvalue weighted by molar-refractivity contribution is 0.0940. The van der Waals surface area contributed by atoms with E-state index >= 15 is 0 Å². The summed E-state index contributed by atoms with van der Waals surface area (Å²) in [6.45, 7) is 0. The van der Waals surface area contributed by atoms with Gasteiger partial charge in [-0.15, -0.1) is 0 Å². The zero-order valence-electron chi connectivity index (χ0n) is 9.36. The van der Waals surface area contributed by atoms with Gasteiger partial charge in [0, 0.05) is 18.8 Å². The average Bonchev–Trinajstić information content (AvgIpc) is 2.81. The molecule has 1 aliphatic rings. The number of carbonyl (C=O) groups excluding carboxylic acids is 1. The van der Waals surface area contributed by atoms with Crippen LogP contribution in [0, 0.1) is 0 Å². The Hall–Kier alpha value is -1.77. The second kappa shape index (κ2) is 4.84. The summed E-state index contributed by atoms with van der Waals surface area (Å²) in [5.74, 6) is -0.00125. The molecular weight excluding hydrogens is 200 g/mol. The minimum Gasteiger partial charge on any atom is -0.387 e. The number of para-hydroxylation sites is 1. The van der Waals surface area contributed by atoms with E-state index in [4.69, 9.17) is 0 Å². The van der Waals surface area contributed by atoms with E-state index in [-0.39, 0.29) is 11.9 Å². The molecule has 0 aliphatic heterocycles. The first kappa shape index (κ1) is 10.7. The van der Waals surface area contributed by atoms with Gasteiger partial charge in [0.15, 0.2) is 0 Å². The van der Waals surface area contributed by atoms with Gasteiger partial charge in [0.05, 0.1) is 5.56 Å². The average molecular weight is 216 g/mol. The molecule has 3 heteroatoms. The van der Waals surface area contributed by atoms with Crippen LogP contribution in [0.4, 0.5) is 5.69 Å². The van der Waals surface area contributed by atoms with E-state index in [0.717, 1.165) is 18.5 Å². The molecule has 0 atom stereocenters. The zero-order chi connectivity index (χ0) is 11.4. The smallest absolute Gasteiger partial charge is 0.253 e. The first-order valence-corrected chi connectivity index (χ1v) is 5.54. The summed E-state index contributed by atoms with van der Waals surface area (Å²) in [5.41, 5.74) is 1.57. The van der Waals surface area contributed by atoms with Crippen molar-refractivity contribution in [2.75, 3.05) is 12.4 Å². The molecule has 0 radical (unpaired) electrons. The van der Waals surface area contributed by atoms with Gasteiger partial charge in [0.1, 0.15) is 0 Å². The maximum Gasteiger partial charge on any atom is 0.253 e. The van der Waals surface area contributed by atoms with Crippen molar-refractivity contribution >= 4 is 11.6 Å². The molecule has 1 aromatic rings. The number of rotatable bonds is 3. The number of hydrogen-bond donors (Lipinski definition) is 2. The first-order valence-electron chi connectivity index (χ1n) is 5.54. The van der Waals surface area contributed by atoms with E-state index in [1.165, 1.54) is 0 Å². The second-order valence-electron chi connectivity index (χ2n) is 3.91. The van der Waals surface area contributed by atoms with E-state index in [2.05, 4.69) is 22.8 Å². The molecule has 16 heavy (non-hydrogen) atoms. The Kier molecular flexibility index (Phi) is 3.25. The summed E-state index contributed by atoms with van der Waals surface area (Å²) < 4.78 is 0. The molecular formula is C13H16N2O. The monoisotopic (exact) mass is 216 g/mol. The number of nitrogens with one attached hydrogen (secondary N) is 2. The topological polar surface area (TPSA) is 41.1 Å². The van der Waals surface area contributed by atoms with E-state index in [1.807, 2.05) is 31.3 Å². The standard InChI is InChI=1S/C13H16N2O/c1-14-12-9-5-4-8-11(12)13(16)15-10-6-2-3-7-10/h2-5,8-10,14H,6-7H2,1H3,(H,15,16). The molecule has 0 heterocycles. The number of carbonyl (C=O) groups is 1. The molecule has 0 aromatic heterocycles. The molecule has 1 aliphatic carbocycles. The molecule has 1 aromatic carbocycles. The second-order valence-corrected chi connectivity index (χ2v) is 3.91. The van der Waals surface area contributed by atoms with E-state index in [1.54, 1.807) is 0 Å². The Morgan fingerprint density at radius 2 is 1.94 bits per heavy atom. The fourth-order valence-electron chi connectivity index (χ4n) is 1.90. The summed E-state index contributed by atoms with van der Waals surface area (Å²) in [7, 11) is 1.82. The molecule has 84 valence electrons. The maximum absolute atomic E-state index is 12.0. The highest BCUT2D eigenvalue weighted by molar-refractivity contribution is 5.99. The molecule has 0 saturated heterocycles. The molecule has 3 nitrogen and oxygen atoms in total. The van der Waals surface area contributed by atoms with Crippen LogP contribution in [0.25, 0.3) is 0 Å². The molecule has 0 unspecified atom stereocenters.